The van der Waals surface area contributed by atoms with Crippen molar-refractivity contribution in [1.82, 2.24) is 0 Å². The van der Waals surface area contributed by atoms with Gasteiger partial charge in [-0.2, -0.15) is 0 Å². The van der Waals surface area contributed by atoms with Gasteiger partial charge in [0.05, 0.1) is 4.90 Å². The van der Waals surface area contributed by atoms with E-state index in [1.165, 1.54) is 12.1 Å². The number of rotatable bonds is 1. The van der Waals surface area contributed by atoms with E-state index in [9.17, 15) is 12.8 Å². The number of nitrogens with two attached hydrogens (primary N) is 1. The summed E-state index contributed by atoms with van der Waals surface area (Å²) < 4.78 is 34.1. The number of halogens is 1. The first-order valence-corrected chi connectivity index (χ1v) is 4.74. The van der Waals surface area contributed by atoms with Gasteiger partial charge in [0, 0.05) is 0 Å². The third-order valence-corrected chi connectivity index (χ3v) is 2.24. The van der Waals surface area contributed by atoms with Crippen LogP contribution in [-0.2, 0) is 10.0 Å². The largest absolute Gasteiger partial charge is 0.238 e. The van der Waals surface area contributed by atoms with Gasteiger partial charge in [-0.1, -0.05) is 0 Å². The first-order valence-electron chi connectivity index (χ1n) is 3.19. The standard InChI is InChI=1S/C7H8FNO2S/c1-5-2-6(8)4-7(3-5)12(9,10)11/h2-4H,1H3,(H2,9,10,11). The molecule has 0 heterocycles. The zero-order valence-corrected chi connectivity index (χ0v) is 7.23. The molecule has 1 aromatic carbocycles. The van der Waals surface area contributed by atoms with Gasteiger partial charge in [-0.3, -0.25) is 0 Å². The molecule has 0 aliphatic heterocycles. The Hall–Kier alpha value is -0.940. The molecule has 66 valence electrons. The Morgan fingerprint density at radius 3 is 2.33 bits per heavy atom. The van der Waals surface area contributed by atoms with Crippen LogP contribution in [0.25, 0.3) is 0 Å². The maximum atomic E-state index is 12.6. The molecule has 0 bridgehead atoms. The molecule has 2 N–H and O–H groups in total. The highest BCUT2D eigenvalue weighted by molar-refractivity contribution is 7.89. The molecular weight excluding hydrogens is 181 g/mol. The van der Waals surface area contributed by atoms with Crippen molar-refractivity contribution in [2.75, 3.05) is 0 Å². The lowest BCUT2D eigenvalue weighted by Gasteiger charge is -1.99. The van der Waals surface area contributed by atoms with E-state index in [0.717, 1.165) is 6.07 Å². The first-order chi connectivity index (χ1) is 5.39. The van der Waals surface area contributed by atoms with Crippen LogP contribution in [0, 0.1) is 12.7 Å². The fraction of sp³-hybridized carbons (Fsp3) is 0.143. The number of hydrogen-bond donors (Lipinski definition) is 1. The number of primary sulfonamides is 1. The Balaban J connectivity index is 3.37. The van der Waals surface area contributed by atoms with Crippen LogP contribution in [0.5, 0.6) is 0 Å². The summed E-state index contributed by atoms with van der Waals surface area (Å²) in [6.45, 7) is 1.60. The normalized spacial score (nSPS) is 11.6. The van der Waals surface area contributed by atoms with E-state index in [2.05, 4.69) is 0 Å². The van der Waals surface area contributed by atoms with Crippen LogP contribution in [0.15, 0.2) is 23.1 Å². The number of aryl methyl sites for hydroxylation is 1. The molecule has 0 atom stereocenters. The van der Waals surface area contributed by atoms with E-state index < -0.39 is 15.8 Å². The summed E-state index contributed by atoms with van der Waals surface area (Å²) in [5.41, 5.74) is 0.527. The molecule has 3 nitrogen and oxygen atoms in total. The molecule has 0 amide bonds. The summed E-state index contributed by atoms with van der Waals surface area (Å²) in [6, 6.07) is 3.44. The van der Waals surface area contributed by atoms with Gasteiger partial charge in [0.25, 0.3) is 0 Å². The van der Waals surface area contributed by atoms with Crippen LogP contribution < -0.4 is 5.14 Å². The Morgan fingerprint density at radius 2 is 1.92 bits per heavy atom. The zero-order chi connectivity index (χ0) is 9.35. The van der Waals surface area contributed by atoms with Gasteiger partial charge < -0.3 is 0 Å². The van der Waals surface area contributed by atoms with Crippen LogP contribution in [-0.4, -0.2) is 8.42 Å². The molecule has 12 heavy (non-hydrogen) atoms. The molecule has 1 aromatic rings. The first kappa shape index (κ1) is 9.15. The molecule has 0 saturated carbocycles. The van der Waals surface area contributed by atoms with Crippen LogP contribution >= 0.6 is 0 Å². The van der Waals surface area contributed by atoms with Crippen LogP contribution in [0.1, 0.15) is 5.56 Å². The van der Waals surface area contributed by atoms with E-state index in [0.29, 0.717) is 5.56 Å². The molecular formula is C7H8FNO2S. The van der Waals surface area contributed by atoms with E-state index in [4.69, 9.17) is 5.14 Å². The average molecular weight is 189 g/mol. The molecule has 0 unspecified atom stereocenters. The third kappa shape index (κ3) is 2.02. The minimum Gasteiger partial charge on any atom is -0.225 e. The Bertz CT molecular complexity index is 380. The average Bonchev–Trinajstić information content (AvgIpc) is 1.82. The van der Waals surface area contributed by atoms with Crippen molar-refractivity contribution < 1.29 is 12.8 Å². The molecule has 0 saturated heterocycles. The molecule has 0 aliphatic rings. The molecule has 0 aliphatic carbocycles. The summed E-state index contributed by atoms with van der Waals surface area (Å²) in [7, 11) is -3.79. The predicted molar refractivity (Wildman–Crippen MR) is 42.5 cm³/mol. The number of sulfonamides is 1. The highest BCUT2D eigenvalue weighted by Gasteiger charge is 2.08. The van der Waals surface area contributed by atoms with Gasteiger partial charge >= 0.3 is 0 Å². The quantitative estimate of drug-likeness (QED) is 0.709. The minimum absolute atomic E-state index is 0.194. The van der Waals surface area contributed by atoms with Crippen molar-refractivity contribution in [1.29, 1.82) is 0 Å². The number of benzene rings is 1. The summed E-state index contributed by atoms with van der Waals surface area (Å²) in [5.74, 6) is -0.598. The molecule has 5 heteroatoms. The second kappa shape index (κ2) is 2.84. The minimum atomic E-state index is -3.79. The highest BCUT2D eigenvalue weighted by Crippen LogP contribution is 2.11. The molecule has 0 fully saturated rings. The maximum absolute atomic E-state index is 12.6. The fourth-order valence-electron chi connectivity index (χ4n) is 0.867. The van der Waals surface area contributed by atoms with Gasteiger partial charge in [-0.05, 0) is 30.7 Å². The SMILES string of the molecule is Cc1cc(F)cc(S(N)(=O)=O)c1. The highest BCUT2D eigenvalue weighted by atomic mass is 32.2. The van der Waals surface area contributed by atoms with Crippen molar-refractivity contribution in [3.05, 3.63) is 29.6 Å². The Morgan fingerprint density at radius 1 is 1.33 bits per heavy atom. The maximum Gasteiger partial charge on any atom is 0.238 e. The molecule has 0 aromatic heterocycles. The Labute approximate surface area is 70.1 Å². The summed E-state index contributed by atoms with van der Waals surface area (Å²) in [4.78, 5) is -0.194. The van der Waals surface area contributed by atoms with Crippen molar-refractivity contribution >= 4 is 10.0 Å². The topological polar surface area (TPSA) is 60.2 Å². The van der Waals surface area contributed by atoms with E-state index >= 15 is 0 Å². The second-order valence-corrected chi connectivity index (χ2v) is 4.07. The van der Waals surface area contributed by atoms with E-state index in [1.54, 1.807) is 6.92 Å². The lowest BCUT2D eigenvalue weighted by atomic mass is 10.2. The van der Waals surface area contributed by atoms with Crippen LogP contribution in [0.2, 0.25) is 0 Å². The van der Waals surface area contributed by atoms with Gasteiger partial charge in [-0.15, -0.1) is 0 Å². The van der Waals surface area contributed by atoms with Crippen molar-refractivity contribution in [2.45, 2.75) is 11.8 Å². The van der Waals surface area contributed by atoms with Crippen molar-refractivity contribution in [3.63, 3.8) is 0 Å². The van der Waals surface area contributed by atoms with E-state index in [1.807, 2.05) is 0 Å². The third-order valence-electron chi connectivity index (χ3n) is 1.34. The van der Waals surface area contributed by atoms with Gasteiger partial charge in [0.15, 0.2) is 0 Å². The van der Waals surface area contributed by atoms with Crippen molar-refractivity contribution in [3.8, 4) is 0 Å². The van der Waals surface area contributed by atoms with Gasteiger partial charge in [-0.25, -0.2) is 17.9 Å². The fourth-order valence-corrected chi connectivity index (χ4v) is 1.49. The predicted octanol–water partition coefficient (Wildman–Crippen LogP) is 0.782. The lowest BCUT2D eigenvalue weighted by Crippen LogP contribution is -2.12. The number of hydrogen-bond acceptors (Lipinski definition) is 2. The van der Waals surface area contributed by atoms with Crippen LogP contribution in [0.3, 0.4) is 0 Å². The van der Waals surface area contributed by atoms with Crippen molar-refractivity contribution in [2.24, 2.45) is 5.14 Å². The smallest absolute Gasteiger partial charge is 0.225 e. The second-order valence-electron chi connectivity index (χ2n) is 2.51. The lowest BCUT2D eigenvalue weighted by molar-refractivity contribution is 0.592. The Kier molecular flexibility index (Phi) is 2.16. The molecule has 0 radical (unpaired) electrons. The van der Waals surface area contributed by atoms with E-state index in [-0.39, 0.29) is 4.90 Å². The zero-order valence-electron chi connectivity index (χ0n) is 6.41. The van der Waals surface area contributed by atoms with Crippen LogP contribution in [0.4, 0.5) is 4.39 Å². The summed E-state index contributed by atoms with van der Waals surface area (Å²) >= 11 is 0. The monoisotopic (exact) mass is 189 g/mol. The molecule has 1 rings (SSSR count). The summed E-state index contributed by atoms with van der Waals surface area (Å²) in [6.07, 6.45) is 0. The van der Waals surface area contributed by atoms with Gasteiger partial charge in [0.2, 0.25) is 10.0 Å². The molecule has 0 spiro atoms. The van der Waals surface area contributed by atoms with Gasteiger partial charge in [0.1, 0.15) is 5.82 Å². The summed E-state index contributed by atoms with van der Waals surface area (Å²) in [5, 5.41) is 4.80.